The number of aliphatic hydroxyl groups excluding tert-OH is 1. The molecule has 1 aliphatic rings. The smallest absolute Gasteiger partial charge is 0.160 e. The van der Waals surface area contributed by atoms with E-state index in [1.165, 1.54) is 13.2 Å². The van der Waals surface area contributed by atoms with Gasteiger partial charge in [-0.3, -0.25) is 0 Å². The van der Waals surface area contributed by atoms with Gasteiger partial charge in [-0.1, -0.05) is 6.07 Å². The molecular formula is C13H15O6-. The van der Waals surface area contributed by atoms with Crippen LogP contribution < -0.4 is 9.84 Å². The molecule has 6 heteroatoms. The van der Waals surface area contributed by atoms with Gasteiger partial charge < -0.3 is 29.6 Å². The van der Waals surface area contributed by atoms with Gasteiger partial charge in [0.2, 0.25) is 0 Å². The van der Waals surface area contributed by atoms with Gasteiger partial charge in [0.05, 0.1) is 19.8 Å². The van der Waals surface area contributed by atoms with Crippen molar-refractivity contribution in [1.82, 2.24) is 0 Å². The Morgan fingerprint density at radius 3 is 2.89 bits per heavy atom. The van der Waals surface area contributed by atoms with Crippen LogP contribution in [0.1, 0.15) is 11.7 Å². The number of hydrogen-bond acceptors (Lipinski definition) is 6. The van der Waals surface area contributed by atoms with Crippen molar-refractivity contribution >= 4 is 5.97 Å². The molecule has 0 radical (unpaired) electrons. The van der Waals surface area contributed by atoms with E-state index in [-0.39, 0.29) is 24.7 Å². The maximum atomic E-state index is 11.0. The lowest BCUT2D eigenvalue weighted by molar-refractivity contribution is -0.312. The molecule has 1 aromatic rings. The first-order valence-electron chi connectivity index (χ1n) is 5.88. The Balaban J connectivity index is 2.29. The van der Waals surface area contributed by atoms with Crippen molar-refractivity contribution < 1.29 is 29.6 Å². The normalized spacial score (nSPS) is 26.3. The summed E-state index contributed by atoms with van der Waals surface area (Å²) in [5, 5.41) is 29.8. The Labute approximate surface area is 110 Å². The first-order chi connectivity index (χ1) is 9.08. The van der Waals surface area contributed by atoms with Crippen LogP contribution in [0.15, 0.2) is 18.2 Å². The van der Waals surface area contributed by atoms with Gasteiger partial charge >= 0.3 is 0 Å². The number of phenolic OH excluding ortho intramolecular Hbond substituents is 1. The Morgan fingerprint density at radius 1 is 1.58 bits per heavy atom. The molecule has 0 spiro atoms. The highest BCUT2D eigenvalue weighted by molar-refractivity contribution is 5.68. The largest absolute Gasteiger partial charge is 0.550 e. The number of methoxy groups -OCH3 is 1. The lowest BCUT2D eigenvalue weighted by Crippen LogP contribution is -2.37. The van der Waals surface area contributed by atoms with E-state index in [9.17, 15) is 20.1 Å². The summed E-state index contributed by atoms with van der Waals surface area (Å²) in [5.74, 6) is -2.38. The highest BCUT2D eigenvalue weighted by Gasteiger charge is 2.38. The molecule has 3 atom stereocenters. The minimum absolute atomic E-state index is 0.00141. The number of aliphatic hydroxyl groups is 1. The fourth-order valence-corrected chi connectivity index (χ4v) is 2.35. The quantitative estimate of drug-likeness (QED) is 0.759. The third kappa shape index (κ3) is 2.50. The summed E-state index contributed by atoms with van der Waals surface area (Å²) >= 11 is 0. The summed E-state index contributed by atoms with van der Waals surface area (Å²) in [5.41, 5.74) is 0.650. The molecule has 0 saturated carbocycles. The van der Waals surface area contributed by atoms with Gasteiger partial charge in [-0.25, -0.2) is 0 Å². The number of carbonyl (C=O) groups is 1. The predicted octanol–water partition coefficient (Wildman–Crippen LogP) is -0.553. The molecule has 1 heterocycles. The number of benzene rings is 1. The molecular weight excluding hydrogens is 252 g/mol. The molecule has 1 saturated heterocycles. The van der Waals surface area contributed by atoms with E-state index in [4.69, 9.17) is 9.47 Å². The third-order valence-electron chi connectivity index (χ3n) is 3.41. The van der Waals surface area contributed by atoms with Gasteiger partial charge in [0.25, 0.3) is 0 Å². The van der Waals surface area contributed by atoms with Crippen LogP contribution in [0.5, 0.6) is 11.5 Å². The number of carboxylic acid groups (broad SMARTS) is 1. The fraction of sp³-hybridized carbons (Fsp3) is 0.462. The Hall–Kier alpha value is -1.79. The molecule has 3 unspecified atom stereocenters. The SMILES string of the molecule is COc1cc(C2OCC(C(=O)[O-])C2CO)ccc1O. The van der Waals surface area contributed by atoms with E-state index in [0.717, 1.165) is 0 Å². The van der Waals surface area contributed by atoms with Crippen LogP contribution in [0, 0.1) is 11.8 Å². The summed E-state index contributed by atoms with van der Waals surface area (Å²) in [4.78, 5) is 11.0. The minimum Gasteiger partial charge on any atom is -0.550 e. The third-order valence-corrected chi connectivity index (χ3v) is 3.41. The topological polar surface area (TPSA) is 99.1 Å². The number of aromatic hydroxyl groups is 1. The average Bonchev–Trinajstić information content (AvgIpc) is 2.83. The van der Waals surface area contributed by atoms with Crippen LogP contribution in [0.25, 0.3) is 0 Å². The summed E-state index contributed by atoms with van der Waals surface area (Å²) in [7, 11) is 1.42. The van der Waals surface area contributed by atoms with E-state index >= 15 is 0 Å². The van der Waals surface area contributed by atoms with Gasteiger partial charge in [-0.05, 0) is 17.7 Å². The number of ether oxygens (including phenoxy) is 2. The second kappa shape index (κ2) is 5.46. The standard InChI is InChI=1S/C13H16O6/c1-18-11-4-7(2-3-10(11)15)12-8(5-14)9(6-19-12)13(16)17/h2-4,8-9,12,14-15H,5-6H2,1H3,(H,16,17)/p-1. The molecule has 2 N–H and O–H groups in total. The van der Waals surface area contributed by atoms with Gasteiger partial charge in [-0.15, -0.1) is 0 Å². The molecule has 0 bridgehead atoms. The summed E-state index contributed by atoms with van der Waals surface area (Å²) in [6.07, 6.45) is -0.553. The van der Waals surface area contributed by atoms with E-state index in [0.29, 0.717) is 5.56 Å². The lowest BCUT2D eigenvalue weighted by atomic mass is 9.88. The molecule has 104 valence electrons. The minimum atomic E-state index is -1.23. The van der Waals surface area contributed by atoms with Crippen molar-refractivity contribution in [3.05, 3.63) is 23.8 Å². The average molecular weight is 267 g/mol. The van der Waals surface area contributed by atoms with Crippen molar-refractivity contribution in [3.8, 4) is 11.5 Å². The van der Waals surface area contributed by atoms with E-state index in [2.05, 4.69) is 0 Å². The fourth-order valence-electron chi connectivity index (χ4n) is 2.35. The van der Waals surface area contributed by atoms with Crippen LogP contribution in [-0.2, 0) is 9.53 Å². The highest BCUT2D eigenvalue weighted by Crippen LogP contribution is 2.40. The highest BCUT2D eigenvalue weighted by atomic mass is 16.5. The number of carbonyl (C=O) groups excluding carboxylic acids is 1. The van der Waals surface area contributed by atoms with E-state index in [1.807, 2.05) is 0 Å². The van der Waals surface area contributed by atoms with Gasteiger partial charge in [-0.2, -0.15) is 0 Å². The van der Waals surface area contributed by atoms with Crippen molar-refractivity contribution in [2.24, 2.45) is 11.8 Å². The lowest BCUT2D eigenvalue weighted by Gasteiger charge is -2.22. The second-order valence-electron chi connectivity index (χ2n) is 4.46. The zero-order valence-corrected chi connectivity index (χ0v) is 10.4. The Kier molecular flexibility index (Phi) is 3.92. The summed E-state index contributed by atoms with van der Waals surface area (Å²) < 4.78 is 10.4. The summed E-state index contributed by atoms with van der Waals surface area (Å²) in [6.45, 7) is -0.312. The molecule has 1 fully saturated rings. The number of carboxylic acids is 1. The molecule has 1 aromatic carbocycles. The number of phenols is 1. The number of rotatable bonds is 4. The zero-order chi connectivity index (χ0) is 14.0. The number of aliphatic carboxylic acids is 1. The maximum absolute atomic E-state index is 11.0. The molecule has 19 heavy (non-hydrogen) atoms. The van der Waals surface area contributed by atoms with Crippen LogP contribution in [0.3, 0.4) is 0 Å². The van der Waals surface area contributed by atoms with Gasteiger partial charge in [0.1, 0.15) is 0 Å². The molecule has 0 amide bonds. The Bertz CT molecular complexity index is 472. The first kappa shape index (κ1) is 13.6. The first-order valence-corrected chi connectivity index (χ1v) is 5.88. The van der Waals surface area contributed by atoms with Crippen molar-refractivity contribution in [3.63, 3.8) is 0 Å². The molecule has 1 aliphatic heterocycles. The molecule has 0 aliphatic carbocycles. The number of hydrogen-bond donors (Lipinski definition) is 2. The van der Waals surface area contributed by atoms with Crippen molar-refractivity contribution in [2.75, 3.05) is 20.3 Å². The van der Waals surface area contributed by atoms with E-state index in [1.54, 1.807) is 12.1 Å². The van der Waals surface area contributed by atoms with Crippen LogP contribution in [0.2, 0.25) is 0 Å². The van der Waals surface area contributed by atoms with Crippen molar-refractivity contribution in [2.45, 2.75) is 6.10 Å². The predicted molar refractivity (Wildman–Crippen MR) is 62.4 cm³/mol. The second-order valence-corrected chi connectivity index (χ2v) is 4.46. The van der Waals surface area contributed by atoms with Crippen LogP contribution in [0.4, 0.5) is 0 Å². The monoisotopic (exact) mass is 267 g/mol. The Morgan fingerprint density at radius 2 is 2.32 bits per heavy atom. The van der Waals surface area contributed by atoms with Crippen molar-refractivity contribution in [1.29, 1.82) is 0 Å². The van der Waals surface area contributed by atoms with Crippen LogP contribution in [-0.4, -0.2) is 36.5 Å². The zero-order valence-electron chi connectivity index (χ0n) is 10.4. The van der Waals surface area contributed by atoms with Crippen LogP contribution >= 0.6 is 0 Å². The molecule has 6 nitrogen and oxygen atoms in total. The van der Waals surface area contributed by atoms with Gasteiger partial charge in [0.15, 0.2) is 11.5 Å². The maximum Gasteiger partial charge on any atom is 0.160 e. The molecule has 2 rings (SSSR count). The van der Waals surface area contributed by atoms with Gasteiger partial charge in [0, 0.05) is 24.4 Å². The summed E-state index contributed by atoms with van der Waals surface area (Å²) in [6, 6.07) is 4.63. The molecule has 0 aromatic heterocycles. The van der Waals surface area contributed by atoms with E-state index < -0.39 is 23.9 Å².